The molecule has 0 aliphatic rings. The van der Waals surface area contributed by atoms with Crippen molar-refractivity contribution in [2.24, 2.45) is 5.73 Å². The fourth-order valence-electron chi connectivity index (χ4n) is 0. The number of nitrogens with two attached hydrogens (primary N) is 1. The lowest BCUT2D eigenvalue weighted by Crippen LogP contribution is -2.10. The van der Waals surface area contributed by atoms with Gasteiger partial charge in [0.05, 0.1) is 5.88 Å². The zero-order chi connectivity index (χ0) is 8.57. The van der Waals surface area contributed by atoms with E-state index in [2.05, 4.69) is 5.73 Å². The Kier molecular flexibility index (Phi) is 10.8. The minimum Gasteiger partial charge on any atom is -0.369 e. The van der Waals surface area contributed by atoms with Gasteiger partial charge in [-0.1, -0.05) is 0 Å². The van der Waals surface area contributed by atoms with Crippen LogP contribution in [0.5, 0.6) is 0 Å². The van der Waals surface area contributed by atoms with Crippen LogP contribution in [-0.2, 0) is 9.59 Å². The van der Waals surface area contributed by atoms with Gasteiger partial charge < -0.3 is 5.73 Å². The number of rotatable bonds is 2. The van der Waals surface area contributed by atoms with E-state index < -0.39 is 5.91 Å². The molecular weight excluding hydrogens is 177 g/mol. The molecule has 0 rings (SSSR count). The van der Waals surface area contributed by atoms with Crippen LogP contribution in [0.1, 0.15) is 6.92 Å². The van der Waals surface area contributed by atoms with E-state index in [9.17, 15) is 9.59 Å². The molecule has 0 fully saturated rings. The van der Waals surface area contributed by atoms with E-state index in [0.717, 1.165) is 0 Å². The van der Waals surface area contributed by atoms with Gasteiger partial charge in [0.2, 0.25) is 5.91 Å². The number of amides is 1. The molecule has 0 radical (unpaired) electrons. The van der Waals surface area contributed by atoms with E-state index in [1.54, 1.807) is 0 Å². The molecule has 0 aliphatic heterocycles. The number of halogens is 2. The van der Waals surface area contributed by atoms with Gasteiger partial charge in [0, 0.05) is 0 Å². The average molecular weight is 186 g/mol. The number of hydrogen-bond donors (Lipinski definition) is 1. The summed E-state index contributed by atoms with van der Waals surface area (Å²) in [5, 5.41) is 0. The van der Waals surface area contributed by atoms with Crippen molar-refractivity contribution in [3.05, 3.63) is 0 Å². The van der Waals surface area contributed by atoms with E-state index in [0.29, 0.717) is 0 Å². The highest BCUT2D eigenvalue weighted by Gasteiger charge is 1.80. The van der Waals surface area contributed by atoms with Crippen molar-refractivity contribution in [3.63, 3.8) is 0 Å². The Morgan fingerprint density at radius 2 is 1.50 bits per heavy atom. The van der Waals surface area contributed by atoms with Crippen LogP contribution in [0.25, 0.3) is 0 Å². The number of primary amides is 1. The van der Waals surface area contributed by atoms with Crippen LogP contribution in [0.3, 0.4) is 0 Å². The summed E-state index contributed by atoms with van der Waals surface area (Å²) in [4.78, 5) is 19.1. The second-order valence-corrected chi connectivity index (χ2v) is 1.97. The van der Waals surface area contributed by atoms with Crippen LogP contribution in [0.15, 0.2) is 0 Å². The SMILES string of the molecule is CC(=O)CCl.NC(=O)CCl. The Balaban J connectivity index is 0. The molecule has 0 saturated heterocycles. The second kappa shape index (κ2) is 8.72. The molecule has 0 spiro atoms. The fourth-order valence-corrected chi connectivity index (χ4v) is 0. The van der Waals surface area contributed by atoms with Gasteiger partial charge in [-0.05, 0) is 6.92 Å². The van der Waals surface area contributed by atoms with E-state index in [1.807, 2.05) is 0 Å². The Bertz CT molecular complexity index is 102. The van der Waals surface area contributed by atoms with Crippen molar-refractivity contribution in [2.75, 3.05) is 11.8 Å². The molecule has 0 aliphatic carbocycles. The smallest absolute Gasteiger partial charge is 0.232 e. The first-order chi connectivity index (χ1) is 4.54. The normalized spacial score (nSPS) is 7.50. The van der Waals surface area contributed by atoms with E-state index in [4.69, 9.17) is 23.2 Å². The van der Waals surface area contributed by atoms with Gasteiger partial charge in [0.15, 0.2) is 0 Å². The average Bonchev–Trinajstić information content (AvgIpc) is 1.89. The molecule has 0 heterocycles. The zero-order valence-electron chi connectivity index (χ0n) is 5.56. The largest absolute Gasteiger partial charge is 0.369 e. The molecule has 1 amide bonds. The topological polar surface area (TPSA) is 60.2 Å². The zero-order valence-corrected chi connectivity index (χ0v) is 7.08. The van der Waals surface area contributed by atoms with Crippen molar-refractivity contribution in [1.29, 1.82) is 0 Å². The van der Waals surface area contributed by atoms with E-state index >= 15 is 0 Å². The highest BCUT2D eigenvalue weighted by molar-refractivity contribution is 6.27. The van der Waals surface area contributed by atoms with Gasteiger partial charge in [-0.2, -0.15) is 0 Å². The molecule has 0 saturated carbocycles. The number of Topliss-reactive ketones (excluding diaryl/α,β-unsaturated/α-hetero) is 1. The summed E-state index contributed by atoms with van der Waals surface area (Å²) in [6, 6.07) is 0. The molecule has 0 aromatic heterocycles. The molecule has 2 N–H and O–H groups in total. The number of ketones is 1. The molecule has 0 aromatic carbocycles. The summed E-state index contributed by atoms with van der Waals surface area (Å²) in [5.41, 5.74) is 4.52. The molecule has 0 unspecified atom stereocenters. The Morgan fingerprint density at radius 1 is 1.30 bits per heavy atom. The molecule has 3 nitrogen and oxygen atoms in total. The van der Waals surface area contributed by atoms with Gasteiger partial charge in [0.1, 0.15) is 11.7 Å². The molecular formula is C5H9Cl2NO2. The quantitative estimate of drug-likeness (QED) is 0.639. The second-order valence-electron chi connectivity index (χ2n) is 1.44. The van der Waals surface area contributed by atoms with Crippen molar-refractivity contribution in [2.45, 2.75) is 6.92 Å². The summed E-state index contributed by atoms with van der Waals surface area (Å²) in [6.07, 6.45) is 0. The van der Waals surface area contributed by atoms with Crippen molar-refractivity contribution < 1.29 is 9.59 Å². The van der Waals surface area contributed by atoms with Gasteiger partial charge in [-0.25, -0.2) is 0 Å². The molecule has 0 bridgehead atoms. The summed E-state index contributed by atoms with van der Waals surface area (Å²) in [5.74, 6) is -0.404. The maximum Gasteiger partial charge on any atom is 0.232 e. The third kappa shape index (κ3) is 25.2. The number of carbonyl (C=O) groups is 2. The fraction of sp³-hybridized carbons (Fsp3) is 0.600. The van der Waals surface area contributed by atoms with Crippen molar-refractivity contribution in [1.82, 2.24) is 0 Å². The molecule has 0 atom stereocenters. The van der Waals surface area contributed by atoms with Crippen molar-refractivity contribution in [3.8, 4) is 0 Å². The summed E-state index contributed by atoms with van der Waals surface area (Å²) in [6.45, 7) is 1.45. The third-order valence-corrected chi connectivity index (χ3v) is 0.960. The lowest BCUT2D eigenvalue weighted by molar-refractivity contribution is -0.116. The highest BCUT2D eigenvalue weighted by Crippen LogP contribution is 1.71. The summed E-state index contributed by atoms with van der Waals surface area (Å²) >= 11 is 9.85. The first kappa shape index (κ1) is 12.4. The monoisotopic (exact) mass is 185 g/mol. The first-order valence-corrected chi connectivity index (χ1v) is 3.51. The molecule has 5 heteroatoms. The Morgan fingerprint density at radius 3 is 1.50 bits per heavy atom. The Hall–Kier alpha value is -0.280. The summed E-state index contributed by atoms with van der Waals surface area (Å²) < 4.78 is 0. The Labute approximate surface area is 69.5 Å². The minimum absolute atomic E-state index is 0.0201. The maximum absolute atomic E-state index is 9.68. The highest BCUT2D eigenvalue weighted by atomic mass is 35.5. The number of carbonyl (C=O) groups excluding carboxylic acids is 2. The maximum atomic E-state index is 9.68. The predicted molar refractivity (Wildman–Crippen MR) is 41.3 cm³/mol. The van der Waals surface area contributed by atoms with E-state index in [-0.39, 0.29) is 17.5 Å². The van der Waals surface area contributed by atoms with Crippen molar-refractivity contribution >= 4 is 34.9 Å². The summed E-state index contributed by atoms with van der Waals surface area (Å²) in [7, 11) is 0. The van der Waals surface area contributed by atoms with Crippen LogP contribution in [0.4, 0.5) is 0 Å². The lowest BCUT2D eigenvalue weighted by atomic mass is 10.5. The predicted octanol–water partition coefficient (Wildman–Crippen LogP) is 0.525. The van der Waals surface area contributed by atoms with Crippen LogP contribution >= 0.6 is 23.2 Å². The van der Waals surface area contributed by atoms with Gasteiger partial charge in [-0.3, -0.25) is 9.59 Å². The van der Waals surface area contributed by atoms with Crippen LogP contribution in [0.2, 0.25) is 0 Å². The van der Waals surface area contributed by atoms with Crippen LogP contribution in [0, 0.1) is 0 Å². The lowest BCUT2D eigenvalue weighted by Gasteiger charge is -1.71. The van der Waals surface area contributed by atoms with Gasteiger partial charge >= 0.3 is 0 Å². The van der Waals surface area contributed by atoms with Crippen LogP contribution < -0.4 is 5.73 Å². The molecule has 60 valence electrons. The molecule has 0 aromatic rings. The van der Waals surface area contributed by atoms with E-state index in [1.165, 1.54) is 6.92 Å². The first-order valence-electron chi connectivity index (χ1n) is 2.44. The molecule has 10 heavy (non-hydrogen) atoms. The van der Waals surface area contributed by atoms with Gasteiger partial charge in [-0.15, -0.1) is 23.2 Å². The number of hydrogen-bond acceptors (Lipinski definition) is 2. The van der Waals surface area contributed by atoms with Gasteiger partial charge in [0.25, 0.3) is 0 Å². The third-order valence-electron chi connectivity index (χ3n) is 0.320. The standard InChI is InChI=1S/C3H5ClO.C2H4ClNO/c1-3(5)2-4;3-1-2(4)5/h2H2,1H3;1H2,(H2,4,5). The minimum atomic E-state index is -0.480. The number of alkyl halides is 2. The van der Waals surface area contributed by atoms with Crippen LogP contribution in [-0.4, -0.2) is 23.5 Å².